The molecule has 1 aromatic carbocycles. The Kier molecular flexibility index (Phi) is 5.42. The van der Waals surface area contributed by atoms with Crippen LogP contribution in [0.15, 0.2) is 53.2 Å². The van der Waals surface area contributed by atoms with Gasteiger partial charge in [0.15, 0.2) is 0 Å². The maximum absolute atomic E-state index is 13.6. The number of epoxide rings is 1. The maximum atomic E-state index is 13.6. The zero-order valence-electron chi connectivity index (χ0n) is 16.7. The van der Waals surface area contributed by atoms with E-state index in [1.54, 1.807) is 18.3 Å². The Morgan fingerprint density at radius 2 is 2.20 bits per heavy atom. The summed E-state index contributed by atoms with van der Waals surface area (Å²) in [4.78, 5) is 24.0. The molecule has 158 valence electrons. The maximum Gasteiger partial charge on any atom is 0.339 e. The van der Waals surface area contributed by atoms with E-state index in [1.807, 2.05) is 6.92 Å². The number of urea groups is 1. The summed E-state index contributed by atoms with van der Waals surface area (Å²) in [7, 11) is 0. The van der Waals surface area contributed by atoms with E-state index in [9.17, 15) is 14.0 Å². The van der Waals surface area contributed by atoms with Crippen molar-refractivity contribution in [3.8, 4) is 0 Å². The standard InChI is InChI=1S/C22H24FN3O4/c1-13-15-10-9-14(6-5-11-22(2)19(30-22)18(15)29-20(13)27)12-24-26-21(28)25-17-8-4-3-7-16(17)23/h3-4,6-8,12,15,18-19H,1,5,9-11H2,2H3,(H2,25,26,28)/b14-6+,24-12+/t15-,18-,19-,22+/m0/s1. The number of nitrogens with zero attached hydrogens (tertiary/aromatic N) is 1. The summed E-state index contributed by atoms with van der Waals surface area (Å²) >= 11 is 0. The quantitative estimate of drug-likeness (QED) is 0.260. The smallest absolute Gasteiger partial charge is 0.339 e. The van der Waals surface area contributed by atoms with Crippen molar-refractivity contribution in [3.05, 3.63) is 53.9 Å². The first-order valence-corrected chi connectivity index (χ1v) is 9.98. The molecule has 0 spiro atoms. The number of benzene rings is 1. The summed E-state index contributed by atoms with van der Waals surface area (Å²) in [5.41, 5.74) is 3.53. The monoisotopic (exact) mass is 413 g/mol. The summed E-state index contributed by atoms with van der Waals surface area (Å²) in [6.07, 6.45) is 6.15. The van der Waals surface area contributed by atoms with Gasteiger partial charge < -0.3 is 14.8 Å². The molecule has 2 amide bonds. The van der Waals surface area contributed by atoms with Crippen molar-refractivity contribution in [2.24, 2.45) is 11.0 Å². The van der Waals surface area contributed by atoms with E-state index < -0.39 is 11.8 Å². The van der Waals surface area contributed by atoms with E-state index in [4.69, 9.17) is 9.47 Å². The van der Waals surface area contributed by atoms with Crippen LogP contribution in [-0.2, 0) is 14.3 Å². The summed E-state index contributed by atoms with van der Waals surface area (Å²) in [5.74, 6) is -0.979. The van der Waals surface area contributed by atoms with Gasteiger partial charge in [0, 0.05) is 11.5 Å². The number of allylic oxidation sites excluding steroid dienone is 2. The molecular formula is C22H24FN3O4. The number of para-hydroxylation sites is 1. The highest BCUT2D eigenvalue weighted by molar-refractivity contribution is 5.91. The molecule has 3 aliphatic rings. The van der Waals surface area contributed by atoms with Gasteiger partial charge in [0.2, 0.25) is 0 Å². The second kappa shape index (κ2) is 8.02. The average molecular weight is 413 g/mol. The van der Waals surface area contributed by atoms with Gasteiger partial charge in [0.25, 0.3) is 0 Å². The lowest BCUT2D eigenvalue weighted by Gasteiger charge is -2.19. The molecule has 30 heavy (non-hydrogen) atoms. The minimum Gasteiger partial charge on any atom is -0.455 e. The van der Waals surface area contributed by atoms with Crippen LogP contribution in [0.25, 0.3) is 0 Å². The van der Waals surface area contributed by atoms with Crippen molar-refractivity contribution in [3.63, 3.8) is 0 Å². The Bertz CT molecular complexity index is 944. The number of fused-ring (bicyclic) bond motifs is 3. The number of carbonyl (C=O) groups is 2. The number of esters is 1. The Morgan fingerprint density at radius 1 is 1.40 bits per heavy atom. The highest BCUT2D eigenvalue weighted by Gasteiger charge is 2.61. The topological polar surface area (TPSA) is 92.3 Å². The Morgan fingerprint density at radius 3 is 3.00 bits per heavy atom. The summed E-state index contributed by atoms with van der Waals surface area (Å²) in [5, 5.41) is 6.39. The molecule has 2 heterocycles. The highest BCUT2D eigenvalue weighted by atomic mass is 19.1. The molecule has 2 fully saturated rings. The number of amides is 2. The molecule has 0 bridgehead atoms. The largest absolute Gasteiger partial charge is 0.455 e. The normalized spacial score (nSPS) is 32.5. The molecule has 0 unspecified atom stereocenters. The van der Waals surface area contributed by atoms with Crippen molar-refractivity contribution in [1.29, 1.82) is 0 Å². The molecule has 1 aliphatic carbocycles. The fraction of sp³-hybridized carbons (Fsp3) is 0.409. The zero-order valence-corrected chi connectivity index (χ0v) is 16.7. The fourth-order valence-electron chi connectivity index (χ4n) is 4.09. The number of rotatable bonds is 3. The molecule has 4 atom stereocenters. The predicted molar refractivity (Wildman–Crippen MR) is 109 cm³/mol. The Balaban J connectivity index is 1.39. The number of nitrogens with one attached hydrogen (secondary N) is 2. The molecule has 2 saturated heterocycles. The van der Waals surface area contributed by atoms with E-state index in [2.05, 4.69) is 28.5 Å². The van der Waals surface area contributed by atoms with Crippen molar-refractivity contribution in [2.75, 3.05) is 5.32 Å². The van der Waals surface area contributed by atoms with Crippen LogP contribution >= 0.6 is 0 Å². The van der Waals surface area contributed by atoms with Crippen LogP contribution < -0.4 is 10.7 Å². The molecule has 1 aromatic rings. The van der Waals surface area contributed by atoms with E-state index >= 15 is 0 Å². The highest BCUT2D eigenvalue weighted by Crippen LogP contribution is 2.49. The van der Waals surface area contributed by atoms with E-state index in [0.29, 0.717) is 18.4 Å². The number of carbonyl (C=O) groups excluding carboxylic acids is 2. The first-order chi connectivity index (χ1) is 14.4. The summed E-state index contributed by atoms with van der Waals surface area (Å²) in [6.45, 7) is 5.93. The lowest BCUT2D eigenvalue weighted by Crippen LogP contribution is -2.29. The molecule has 7 nitrogen and oxygen atoms in total. The van der Waals surface area contributed by atoms with Gasteiger partial charge in [-0.25, -0.2) is 19.4 Å². The lowest BCUT2D eigenvalue weighted by atomic mass is 9.84. The van der Waals surface area contributed by atoms with Crippen molar-refractivity contribution < 1.29 is 23.5 Å². The van der Waals surface area contributed by atoms with Crippen LogP contribution in [0.3, 0.4) is 0 Å². The predicted octanol–water partition coefficient (Wildman–Crippen LogP) is 3.69. The first-order valence-electron chi connectivity index (χ1n) is 9.98. The molecule has 8 heteroatoms. The second-order valence-electron chi connectivity index (χ2n) is 8.01. The van der Waals surface area contributed by atoms with Crippen LogP contribution in [0.2, 0.25) is 0 Å². The molecule has 2 N–H and O–H groups in total. The third-order valence-electron chi connectivity index (χ3n) is 5.90. The van der Waals surface area contributed by atoms with Crippen molar-refractivity contribution in [1.82, 2.24) is 5.43 Å². The third-order valence-corrected chi connectivity index (χ3v) is 5.90. The van der Waals surface area contributed by atoms with Gasteiger partial charge in [-0.3, -0.25) is 0 Å². The number of hydrazone groups is 1. The number of hydrogen-bond donors (Lipinski definition) is 2. The second-order valence-corrected chi connectivity index (χ2v) is 8.01. The Labute approximate surface area is 174 Å². The molecule has 4 rings (SSSR count). The fourth-order valence-corrected chi connectivity index (χ4v) is 4.09. The van der Waals surface area contributed by atoms with E-state index in [-0.39, 0.29) is 35.4 Å². The molecule has 2 aliphatic heterocycles. The zero-order chi connectivity index (χ0) is 21.3. The number of anilines is 1. The van der Waals surface area contributed by atoms with Gasteiger partial charge in [0.1, 0.15) is 18.0 Å². The van der Waals surface area contributed by atoms with Gasteiger partial charge in [-0.15, -0.1) is 0 Å². The Hall–Kier alpha value is -3.00. The van der Waals surface area contributed by atoms with Crippen molar-refractivity contribution in [2.45, 2.75) is 50.4 Å². The molecule has 0 aromatic heterocycles. The van der Waals surface area contributed by atoms with Crippen LogP contribution in [0, 0.1) is 11.7 Å². The number of ether oxygens (including phenoxy) is 2. The van der Waals surface area contributed by atoms with Gasteiger partial charge in [-0.1, -0.05) is 24.8 Å². The minimum absolute atomic E-state index is 0.0748. The third kappa shape index (κ3) is 4.14. The first kappa shape index (κ1) is 20.3. The van der Waals surface area contributed by atoms with Crippen LogP contribution in [0.1, 0.15) is 32.6 Å². The number of hydrogen-bond acceptors (Lipinski definition) is 5. The van der Waals surface area contributed by atoms with Crippen LogP contribution in [0.4, 0.5) is 14.9 Å². The van der Waals surface area contributed by atoms with Gasteiger partial charge in [-0.2, -0.15) is 5.10 Å². The van der Waals surface area contributed by atoms with Crippen LogP contribution in [-0.4, -0.2) is 36.0 Å². The van der Waals surface area contributed by atoms with Crippen molar-refractivity contribution >= 4 is 23.9 Å². The van der Waals surface area contributed by atoms with Gasteiger partial charge in [-0.05, 0) is 50.3 Å². The van der Waals surface area contributed by atoms with Gasteiger partial charge in [0.05, 0.1) is 17.5 Å². The van der Waals surface area contributed by atoms with E-state index in [1.165, 1.54) is 12.1 Å². The summed E-state index contributed by atoms with van der Waals surface area (Å²) < 4.78 is 25.0. The average Bonchev–Trinajstić information content (AvgIpc) is 3.30. The molecule has 0 radical (unpaired) electrons. The molecular weight excluding hydrogens is 389 g/mol. The summed E-state index contributed by atoms with van der Waals surface area (Å²) in [6, 6.07) is 5.25. The van der Waals surface area contributed by atoms with Crippen LogP contribution in [0.5, 0.6) is 0 Å². The van der Waals surface area contributed by atoms with Gasteiger partial charge >= 0.3 is 12.0 Å². The molecule has 0 saturated carbocycles. The lowest BCUT2D eigenvalue weighted by molar-refractivity contribution is -0.140. The number of halogens is 1. The SMILES string of the molecule is C=C1C(=O)O[C@H]2[C@H]1CCC(/C=N/NC(=O)Nc1ccccc1F)=C\CC[C@@]1(C)O[C@@H]21. The van der Waals surface area contributed by atoms with E-state index in [0.717, 1.165) is 18.4 Å². The minimum atomic E-state index is -0.637.